The molecule has 0 unspecified atom stereocenters. The van der Waals surface area contributed by atoms with Crippen molar-refractivity contribution in [2.24, 2.45) is 5.92 Å². The van der Waals surface area contributed by atoms with Crippen molar-refractivity contribution in [1.82, 2.24) is 0 Å². The van der Waals surface area contributed by atoms with E-state index in [-0.39, 0.29) is 0 Å². The molecule has 1 aliphatic carbocycles. The molecule has 0 aromatic heterocycles. The van der Waals surface area contributed by atoms with Crippen LogP contribution >= 0.6 is 0 Å². The topological polar surface area (TPSA) is 0 Å². The van der Waals surface area contributed by atoms with E-state index < -0.39 is 0 Å². The Kier molecular flexibility index (Phi) is 4.79. The number of hydrogen-bond acceptors (Lipinski definition) is 0. The SMILES string of the molecule is C=C/C=C(\C)[C@@H]1C(C)=C(C=C)CC[C@@H]1c1ccccc1. The lowest BCUT2D eigenvalue weighted by molar-refractivity contribution is 0.477. The van der Waals surface area contributed by atoms with Crippen molar-refractivity contribution >= 4 is 0 Å². The van der Waals surface area contributed by atoms with Crippen molar-refractivity contribution in [3.63, 3.8) is 0 Å². The molecular formula is C20H24. The molecule has 2 atom stereocenters. The molecule has 2 rings (SSSR count). The van der Waals surface area contributed by atoms with Crippen LogP contribution in [0.5, 0.6) is 0 Å². The molecule has 0 radical (unpaired) electrons. The molecule has 0 saturated heterocycles. The first-order valence-electron chi connectivity index (χ1n) is 7.35. The second-order valence-corrected chi connectivity index (χ2v) is 5.59. The van der Waals surface area contributed by atoms with Crippen LogP contribution in [-0.4, -0.2) is 0 Å². The standard InChI is InChI=1S/C20H24/c1-5-10-15(3)20-16(4)17(6-2)13-14-19(20)18-11-8-7-9-12-18/h5-12,19-20H,1-2,13-14H2,3-4H3/b15-10+/t19-,20-/m1/s1. The van der Waals surface area contributed by atoms with E-state index in [9.17, 15) is 0 Å². The fourth-order valence-corrected chi connectivity index (χ4v) is 3.45. The highest BCUT2D eigenvalue weighted by molar-refractivity contribution is 5.39. The molecule has 0 amide bonds. The van der Waals surface area contributed by atoms with Gasteiger partial charge in [0.05, 0.1) is 0 Å². The first-order chi connectivity index (χ1) is 9.69. The molecule has 0 aliphatic heterocycles. The lowest BCUT2D eigenvalue weighted by Crippen LogP contribution is -2.21. The molecule has 20 heavy (non-hydrogen) atoms. The van der Waals surface area contributed by atoms with Crippen molar-refractivity contribution in [3.05, 3.63) is 84.0 Å². The Hall–Kier alpha value is -1.82. The largest absolute Gasteiger partial charge is 0.0991 e. The zero-order valence-corrected chi connectivity index (χ0v) is 12.6. The minimum absolute atomic E-state index is 0.470. The third-order valence-corrected chi connectivity index (χ3v) is 4.45. The molecule has 0 N–H and O–H groups in total. The van der Waals surface area contributed by atoms with E-state index in [0.29, 0.717) is 11.8 Å². The van der Waals surface area contributed by atoms with Gasteiger partial charge in [-0.3, -0.25) is 0 Å². The van der Waals surface area contributed by atoms with Crippen LogP contribution < -0.4 is 0 Å². The highest BCUT2D eigenvalue weighted by Crippen LogP contribution is 2.44. The minimum atomic E-state index is 0.470. The van der Waals surface area contributed by atoms with Crippen molar-refractivity contribution in [1.29, 1.82) is 0 Å². The van der Waals surface area contributed by atoms with Gasteiger partial charge in [0.2, 0.25) is 0 Å². The molecule has 0 bridgehead atoms. The summed E-state index contributed by atoms with van der Waals surface area (Å²) >= 11 is 0. The van der Waals surface area contributed by atoms with E-state index >= 15 is 0 Å². The van der Waals surface area contributed by atoms with Crippen LogP contribution in [0.2, 0.25) is 0 Å². The van der Waals surface area contributed by atoms with Gasteiger partial charge in [0.15, 0.2) is 0 Å². The van der Waals surface area contributed by atoms with Gasteiger partial charge in [-0.2, -0.15) is 0 Å². The van der Waals surface area contributed by atoms with E-state index in [1.807, 2.05) is 12.2 Å². The Morgan fingerprint density at radius 3 is 2.50 bits per heavy atom. The smallest absolute Gasteiger partial charge is 0.00792 e. The van der Waals surface area contributed by atoms with Gasteiger partial charge >= 0.3 is 0 Å². The van der Waals surface area contributed by atoms with Gasteiger partial charge in [0.1, 0.15) is 0 Å². The maximum Gasteiger partial charge on any atom is 0.00792 e. The minimum Gasteiger partial charge on any atom is -0.0991 e. The van der Waals surface area contributed by atoms with E-state index in [0.717, 1.165) is 6.42 Å². The Bertz CT molecular complexity index is 543. The highest BCUT2D eigenvalue weighted by Gasteiger charge is 2.30. The second kappa shape index (κ2) is 6.56. The van der Waals surface area contributed by atoms with Crippen LogP contribution in [0.3, 0.4) is 0 Å². The van der Waals surface area contributed by atoms with Crippen LogP contribution in [0.4, 0.5) is 0 Å². The summed E-state index contributed by atoms with van der Waals surface area (Å²) in [5.74, 6) is 1.04. The fourth-order valence-electron chi connectivity index (χ4n) is 3.45. The van der Waals surface area contributed by atoms with Crippen LogP contribution in [-0.2, 0) is 0 Å². The van der Waals surface area contributed by atoms with Crippen LogP contribution in [0.1, 0.15) is 38.2 Å². The third kappa shape index (κ3) is 2.85. The van der Waals surface area contributed by atoms with Gasteiger partial charge in [0, 0.05) is 5.92 Å². The first-order valence-corrected chi connectivity index (χ1v) is 7.35. The average molecular weight is 264 g/mol. The molecule has 1 aliphatic rings. The normalized spacial score (nSPS) is 23.6. The van der Waals surface area contributed by atoms with Gasteiger partial charge in [-0.05, 0) is 43.7 Å². The van der Waals surface area contributed by atoms with Crippen LogP contribution in [0.25, 0.3) is 0 Å². The van der Waals surface area contributed by atoms with Crippen molar-refractivity contribution in [2.45, 2.75) is 32.6 Å². The Labute approximate surface area is 123 Å². The highest BCUT2D eigenvalue weighted by atomic mass is 14.3. The maximum atomic E-state index is 3.97. The second-order valence-electron chi connectivity index (χ2n) is 5.59. The summed E-state index contributed by atoms with van der Waals surface area (Å²) in [7, 11) is 0. The summed E-state index contributed by atoms with van der Waals surface area (Å²) in [6.45, 7) is 12.3. The number of benzene rings is 1. The molecule has 1 aromatic carbocycles. The van der Waals surface area contributed by atoms with Crippen molar-refractivity contribution in [3.8, 4) is 0 Å². The molecule has 0 fully saturated rings. The summed E-state index contributed by atoms with van der Waals surface area (Å²) in [6, 6.07) is 10.9. The Morgan fingerprint density at radius 2 is 1.90 bits per heavy atom. The summed E-state index contributed by atoms with van der Waals surface area (Å²) in [5, 5.41) is 0. The first kappa shape index (κ1) is 14.6. The molecule has 104 valence electrons. The zero-order valence-electron chi connectivity index (χ0n) is 12.6. The van der Waals surface area contributed by atoms with Gasteiger partial charge in [-0.1, -0.05) is 72.9 Å². The molecule has 0 spiro atoms. The van der Waals surface area contributed by atoms with E-state index in [1.54, 1.807) is 0 Å². The van der Waals surface area contributed by atoms with Crippen molar-refractivity contribution < 1.29 is 0 Å². The summed E-state index contributed by atoms with van der Waals surface area (Å²) in [4.78, 5) is 0. The van der Waals surface area contributed by atoms with Gasteiger partial charge < -0.3 is 0 Å². The lowest BCUT2D eigenvalue weighted by Gasteiger charge is -2.35. The maximum absolute atomic E-state index is 3.97. The summed E-state index contributed by atoms with van der Waals surface area (Å²) < 4.78 is 0. The number of rotatable bonds is 4. The molecule has 0 nitrogen and oxygen atoms in total. The van der Waals surface area contributed by atoms with Crippen LogP contribution in [0, 0.1) is 5.92 Å². The predicted molar refractivity (Wildman–Crippen MR) is 88.8 cm³/mol. The molecule has 1 aromatic rings. The molecular weight excluding hydrogens is 240 g/mol. The Morgan fingerprint density at radius 1 is 1.20 bits per heavy atom. The monoisotopic (exact) mass is 264 g/mol. The van der Waals surface area contributed by atoms with Gasteiger partial charge in [0.25, 0.3) is 0 Å². The third-order valence-electron chi connectivity index (χ3n) is 4.45. The Balaban J connectivity index is 2.47. The van der Waals surface area contributed by atoms with Gasteiger partial charge in [-0.25, -0.2) is 0 Å². The molecule has 0 heterocycles. The zero-order chi connectivity index (χ0) is 14.5. The number of hydrogen-bond donors (Lipinski definition) is 0. The van der Waals surface area contributed by atoms with Gasteiger partial charge in [-0.15, -0.1) is 0 Å². The number of allylic oxidation sites excluding steroid dienone is 6. The summed E-state index contributed by atoms with van der Waals surface area (Å²) in [6.07, 6.45) is 8.40. The molecule has 0 heteroatoms. The van der Waals surface area contributed by atoms with Crippen molar-refractivity contribution in [2.75, 3.05) is 0 Å². The quantitative estimate of drug-likeness (QED) is 0.601. The molecule has 0 saturated carbocycles. The average Bonchev–Trinajstić information content (AvgIpc) is 2.48. The van der Waals surface area contributed by atoms with E-state index in [1.165, 1.54) is 28.7 Å². The van der Waals surface area contributed by atoms with Crippen LogP contribution in [0.15, 0.2) is 78.4 Å². The van der Waals surface area contributed by atoms with E-state index in [4.69, 9.17) is 0 Å². The predicted octanol–water partition coefficient (Wildman–Crippen LogP) is 5.82. The summed E-state index contributed by atoms with van der Waals surface area (Å²) in [5.41, 5.74) is 5.72. The fraction of sp³-hybridized carbons (Fsp3) is 0.300. The lowest BCUT2D eigenvalue weighted by atomic mass is 9.69. The van der Waals surface area contributed by atoms with E-state index in [2.05, 4.69) is 63.4 Å².